The molecule has 0 bridgehead atoms. The summed E-state index contributed by atoms with van der Waals surface area (Å²) in [7, 11) is 0. The molecule has 1 nitrogen and oxygen atoms in total. The van der Waals surface area contributed by atoms with E-state index < -0.39 is 0 Å². The lowest BCUT2D eigenvalue weighted by Gasteiger charge is -2.50. The zero-order chi connectivity index (χ0) is 31.6. The van der Waals surface area contributed by atoms with Gasteiger partial charge in [-0.2, -0.15) is 0 Å². The molecule has 2 atom stereocenters. The van der Waals surface area contributed by atoms with Gasteiger partial charge in [-0.25, -0.2) is 0 Å². The van der Waals surface area contributed by atoms with Gasteiger partial charge in [-0.3, -0.25) is 0 Å². The molecular formula is C46H39N. The minimum atomic E-state index is 0.0610. The molecule has 0 spiro atoms. The molecule has 1 fully saturated rings. The van der Waals surface area contributed by atoms with Crippen LogP contribution in [-0.4, -0.2) is 5.54 Å². The molecule has 1 saturated carbocycles. The van der Waals surface area contributed by atoms with Crippen LogP contribution < -0.4 is 4.90 Å². The monoisotopic (exact) mass is 605 g/mol. The highest BCUT2D eigenvalue weighted by Crippen LogP contribution is 2.61. The van der Waals surface area contributed by atoms with Crippen molar-refractivity contribution in [3.05, 3.63) is 157 Å². The molecule has 7 aromatic rings. The first kappa shape index (κ1) is 28.1. The number of fused-ring (bicyclic) bond motifs is 5. The minimum absolute atomic E-state index is 0.0610. The van der Waals surface area contributed by atoms with Gasteiger partial charge in [0.05, 0.1) is 5.54 Å². The smallest absolute Gasteiger partial charge is 0.0517 e. The van der Waals surface area contributed by atoms with Crippen LogP contribution >= 0.6 is 0 Å². The van der Waals surface area contributed by atoms with Gasteiger partial charge in [0.2, 0.25) is 0 Å². The number of hydrogen-bond donors (Lipinski definition) is 0. The van der Waals surface area contributed by atoms with E-state index in [1.165, 1.54) is 97.5 Å². The summed E-state index contributed by atoms with van der Waals surface area (Å²) < 4.78 is 0. The standard InChI is InChI=1S/C46H39N/c1-45-29-13-14-30-46(45,2)47(36-17-7-4-8-18-36)42-28-27-35(31-41(42)45)32-23-25-34(26-24-32)44-39-21-11-9-19-37(39)43(33-15-5-3-6-16-33)38-20-10-12-22-40(38)44/h3-12,15-28,31H,13-14,29-30H2,1-2H3. The summed E-state index contributed by atoms with van der Waals surface area (Å²) in [5.41, 5.74) is 12.0. The summed E-state index contributed by atoms with van der Waals surface area (Å²) in [5.74, 6) is 0. The number of rotatable bonds is 4. The Kier molecular flexibility index (Phi) is 6.41. The Bertz CT molecular complexity index is 2210. The Morgan fingerprint density at radius 2 is 0.915 bits per heavy atom. The molecule has 2 unspecified atom stereocenters. The van der Waals surface area contributed by atoms with Crippen molar-refractivity contribution in [3.8, 4) is 33.4 Å². The summed E-state index contributed by atoms with van der Waals surface area (Å²) >= 11 is 0. The lowest BCUT2D eigenvalue weighted by atomic mass is 9.61. The van der Waals surface area contributed by atoms with Gasteiger partial charge in [0.1, 0.15) is 0 Å². The summed E-state index contributed by atoms with van der Waals surface area (Å²) in [6.45, 7) is 5.03. The van der Waals surface area contributed by atoms with Gasteiger partial charge in [-0.05, 0) is 105 Å². The summed E-state index contributed by atoms with van der Waals surface area (Å²) in [6, 6.07) is 56.3. The van der Waals surface area contributed by atoms with Crippen molar-refractivity contribution in [3.63, 3.8) is 0 Å². The largest absolute Gasteiger partial charge is 0.334 e. The maximum Gasteiger partial charge on any atom is 0.0517 e. The maximum atomic E-state index is 2.66. The van der Waals surface area contributed by atoms with Crippen molar-refractivity contribution in [2.24, 2.45) is 0 Å². The highest BCUT2D eigenvalue weighted by Gasteiger charge is 2.57. The van der Waals surface area contributed by atoms with Gasteiger partial charge >= 0.3 is 0 Å². The molecule has 7 aromatic carbocycles. The lowest BCUT2D eigenvalue weighted by molar-refractivity contribution is 0.195. The quantitative estimate of drug-likeness (QED) is 0.180. The highest BCUT2D eigenvalue weighted by atomic mass is 15.2. The molecule has 2 aliphatic rings. The van der Waals surface area contributed by atoms with Crippen molar-refractivity contribution in [2.75, 3.05) is 4.90 Å². The first-order valence-corrected chi connectivity index (χ1v) is 17.2. The van der Waals surface area contributed by atoms with Gasteiger partial charge in [0.25, 0.3) is 0 Å². The summed E-state index contributed by atoms with van der Waals surface area (Å²) in [6.07, 6.45) is 5.01. The van der Waals surface area contributed by atoms with Gasteiger partial charge in [-0.1, -0.05) is 147 Å². The van der Waals surface area contributed by atoms with Crippen LogP contribution in [0.3, 0.4) is 0 Å². The third-order valence-corrected chi connectivity index (χ3v) is 11.6. The van der Waals surface area contributed by atoms with Crippen LogP contribution in [0.5, 0.6) is 0 Å². The average molecular weight is 606 g/mol. The van der Waals surface area contributed by atoms with Crippen LogP contribution in [0.15, 0.2) is 152 Å². The predicted octanol–water partition coefficient (Wildman–Crippen LogP) is 12.7. The maximum absolute atomic E-state index is 2.66. The molecule has 0 saturated heterocycles. The Hall–Kier alpha value is -5.14. The van der Waals surface area contributed by atoms with Gasteiger partial charge in [0, 0.05) is 16.8 Å². The molecule has 0 amide bonds. The van der Waals surface area contributed by atoms with E-state index in [1.807, 2.05) is 0 Å². The average Bonchev–Trinajstić information content (AvgIpc) is 3.34. The lowest BCUT2D eigenvalue weighted by Crippen LogP contribution is -2.54. The van der Waals surface area contributed by atoms with Crippen LogP contribution in [0.1, 0.15) is 45.1 Å². The third kappa shape index (κ3) is 4.16. The second kappa shape index (κ2) is 10.7. The van der Waals surface area contributed by atoms with E-state index in [1.54, 1.807) is 0 Å². The zero-order valence-electron chi connectivity index (χ0n) is 27.2. The van der Waals surface area contributed by atoms with Crippen LogP contribution in [0.2, 0.25) is 0 Å². The van der Waals surface area contributed by atoms with Crippen LogP contribution in [0.25, 0.3) is 54.9 Å². The van der Waals surface area contributed by atoms with Crippen molar-refractivity contribution in [1.82, 2.24) is 0 Å². The number of benzene rings is 7. The molecule has 1 heterocycles. The Morgan fingerprint density at radius 1 is 0.447 bits per heavy atom. The molecule has 47 heavy (non-hydrogen) atoms. The molecule has 1 heteroatoms. The van der Waals surface area contributed by atoms with Crippen LogP contribution in [0.4, 0.5) is 11.4 Å². The second-order valence-electron chi connectivity index (χ2n) is 14.0. The molecular weight excluding hydrogens is 567 g/mol. The number of nitrogens with zero attached hydrogens (tertiary/aromatic N) is 1. The van der Waals surface area contributed by atoms with Crippen molar-refractivity contribution in [2.45, 2.75) is 50.5 Å². The minimum Gasteiger partial charge on any atom is -0.334 e. The summed E-state index contributed by atoms with van der Waals surface area (Å²) in [5, 5.41) is 5.17. The normalized spacial score (nSPS) is 20.3. The number of anilines is 2. The zero-order valence-corrected chi connectivity index (χ0v) is 27.2. The number of hydrogen-bond acceptors (Lipinski definition) is 1. The molecule has 228 valence electrons. The Morgan fingerprint density at radius 3 is 1.51 bits per heavy atom. The van der Waals surface area contributed by atoms with E-state index >= 15 is 0 Å². The topological polar surface area (TPSA) is 3.24 Å². The first-order chi connectivity index (χ1) is 23.1. The molecule has 1 aliphatic heterocycles. The molecule has 0 radical (unpaired) electrons. The fourth-order valence-electron chi connectivity index (χ4n) is 9.08. The molecule has 9 rings (SSSR count). The van der Waals surface area contributed by atoms with Gasteiger partial charge in [0.15, 0.2) is 0 Å². The van der Waals surface area contributed by atoms with E-state index in [2.05, 4.69) is 170 Å². The fraction of sp³-hybridized carbons (Fsp3) is 0.174. The van der Waals surface area contributed by atoms with E-state index in [4.69, 9.17) is 0 Å². The van der Waals surface area contributed by atoms with Crippen LogP contribution in [0, 0.1) is 0 Å². The molecule has 1 aliphatic carbocycles. The van der Waals surface area contributed by atoms with Crippen molar-refractivity contribution >= 4 is 32.9 Å². The van der Waals surface area contributed by atoms with E-state index in [-0.39, 0.29) is 11.0 Å². The van der Waals surface area contributed by atoms with E-state index in [0.717, 1.165) is 0 Å². The summed E-state index contributed by atoms with van der Waals surface area (Å²) in [4.78, 5) is 2.66. The van der Waals surface area contributed by atoms with Crippen LogP contribution in [-0.2, 0) is 5.41 Å². The van der Waals surface area contributed by atoms with Gasteiger partial charge in [-0.15, -0.1) is 0 Å². The predicted molar refractivity (Wildman–Crippen MR) is 201 cm³/mol. The van der Waals surface area contributed by atoms with Crippen molar-refractivity contribution < 1.29 is 0 Å². The van der Waals surface area contributed by atoms with E-state index in [0.29, 0.717) is 0 Å². The SMILES string of the molecule is CC12CCCCC1(C)N(c1ccccc1)c1ccc(-c3ccc(-c4c5ccccc5c(-c5ccccc5)c5ccccc45)cc3)cc12. The van der Waals surface area contributed by atoms with Gasteiger partial charge < -0.3 is 4.90 Å². The third-order valence-electron chi connectivity index (χ3n) is 11.6. The Labute approximate surface area is 278 Å². The number of para-hydroxylation sites is 1. The molecule has 0 aromatic heterocycles. The Balaban J connectivity index is 1.17. The second-order valence-corrected chi connectivity index (χ2v) is 14.0. The van der Waals surface area contributed by atoms with Crippen molar-refractivity contribution in [1.29, 1.82) is 0 Å². The van der Waals surface area contributed by atoms with E-state index in [9.17, 15) is 0 Å². The highest BCUT2D eigenvalue weighted by molar-refractivity contribution is 6.21. The first-order valence-electron chi connectivity index (χ1n) is 17.2. The molecule has 0 N–H and O–H groups in total. The fourth-order valence-corrected chi connectivity index (χ4v) is 9.08.